The predicted octanol–water partition coefficient (Wildman–Crippen LogP) is 2.45. The molecule has 0 saturated heterocycles. The van der Waals surface area contributed by atoms with Gasteiger partial charge in [0.25, 0.3) is 5.56 Å². The quantitative estimate of drug-likeness (QED) is 0.480. The normalized spacial score (nSPS) is 11.1. The largest absolute Gasteiger partial charge is 0.350 e. The number of carbonyl (C=O) groups excluding carboxylic acids is 1. The van der Waals surface area contributed by atoms with Gasteiger partial charge in [-0.3, -0.25) is 18.7 Å². The molecule has 0 fully saturated rings. The number of hydrogen-bond donors (Lipinski definition) is 1. The van der Waals surface area contributed by atoms with Crippen LogP contribution in [0.15, 0.2) is 84.3 Å². The Hall–Kier alpha value is -4.33. The van der Waals surface area contributed by atoms with Crippen molar-refractivity contribution in [3.8, 4) is 5.82 Å². The molecule has 8 heteroatoms. The Morgan fingerprint density at radius 3 is 2.48 bits per heavy atom. The summed E-state index contributed by atoms with van der Waals surface area (Å²) in [5.74, 6) is 0.474. The number of nitrogens with one attached hydrogen (secondary N) is 1. The average Bonchev–Trinajstić information content (AvgIpc) is 3.24. The first-order chi connectivity index (χ1) is 15.2. The minimum absolute atomic E-state index is 0.0940. The predicted molar refractivity (Wildman–Crippen MR) is 117 cm³/mol. The van der Waals surface area contributed by atoms with E-state index >= 15 is 0 Å². The summed E-state index contributed by atoms with van der Waals surface area (Å²) in [4.78, 5) is 37.9. The number of hydrogen-bond acceptors (Lipinski definition) is 5. The number of aromatic nitrogens is 5. The van der Waals surface area contributed by atoms with Crippen molar-refractivity contribution >= 4 is 27.8 Å². The van der Waals surface area contributed by atoms with Gasteiger partial charge in [0.05, 0.1) is 28.3 Å². The van der Waals surface area contributed by atoms with E-state index in [1.54, 1.807) is 30.7 Å². The molecule has 0 spiro atoms. The zero-order chi connectivity index (χ0) is 21.2. The van der Waals surface area contributed by atoms with Gasteiger partial charge in [-0.1, -0.05) is 30.3 Å². The molecule has 0 aliphatic heterocycles. The highest BCUT2D eigenvalue weighted by Crippen LogP contribution is 2.16. The van der Waals surface area contributed by atoms with Crippen LogP contribution in [0.5, 0.6) is 0 Å². The zero-order valence-corrected chi connectivity index (χ0v) is 16.5. The lowest BCUT2D eigenvalue weighted by Crippen LogP contribution is -2.32. The molecular formula is C23H18N6O2. The standard InChI is InChI=1S/C23H18N6O2/c30-22(13-28-14-26-18-6-2-1-5-17(18)23(28)31)25-12-16-9-10-21(24-11-16)29-15-27-19-7-3-4-8-20(19)29/h1-11,14-15H,12-13H2,(H,25,30). The lowest BCUT2D eigenvalue weighted by Gasteiger charge is -2.09. The summed E-state index contributed by atoms with van der Waals surface area (Å²) >= 11 is 0. The van der Waals surface area contributed by atoms with Crippen LogP contribution >= 0.6 is 0 Å². The van der Waals surface area contributed by atoms with Gasteiger partial charge in [-0.2, -0.15) is 0 Å². The summed E-state index contributed by atoms with van der Waals surface area (Å²) in [5, 5.41) is 3.31. The average molecular weight is 410 g/mol. The van der Waals surface area contributed by atoms with E-state index in [9.17, 15) is 9.59 Å². The highest BCUT2D eigenvalue weighted by atomic mass is 16.2. The van der Waals surface area contributed by atoms with E-state index in [4.69, 9.17) is 0 Å². The Morgan fingerprint density at radius 2 is 1.65 bits per heavy atom. The van der Waals surface area contributed by atoms with Gasteiger partial charge in [0.2, 0.25) is 5.91 Å². The van der Waals surface area contributed by atoms with Crippen LogP contribution in [0.1, 0.15) is 5.56 Å². The fourth-order valence-electron chi connectivity index (χ4n) is 3.44. The Morgan fingerprint density at radius 1 is 0.871 bits per heavy atom. The molecule has 5 rings (SSSR count). The number of rotatable bonds is 5. The number of fused-ring (bicyclic) bond motifs is 2. The van der Waals surface area contributed by atoms with Gasteiger partial charge >= 0.3 is 0 Å². The number of para-hydroxylation sites is 3. The van der Waals surface area contributed by atoms with Crippen molar-refractivity contribution in [2.75, 3.05) is 0 Å². The molecule has 3 aromatic heterocycles. The maximum atomic E-state index is 12.5. The molecule has 0 saturated carbocycles. The van der Waals surface area contributed by atoms with Crippen LogP contribution in [0.2, 0.25) is 0 Å². The summed E-state index contributed by atoms with van der Waals surface area (Å²) in [5.41, 5.74) is 3.11. The van der Waals surface area contributed by atoms with Crippen molar-refractivity contribution in [2.24, 2.45) is 0 Å². The summed E-state index contributed by atoms with van der Waals surface area (Å²) in [7, 11) is 0. The van der Waals surface area contributed by atoms with Crippen LogP contribution < -0.4 is 10.9 Å². The van der Waals surface area contributed by atoms with E-state index < -0.39 is 0 Å². The zero-order valence-electron chi connectivity index (χ0n) is 16.5. The van der Waals surface area contributed by atoms with Crippen molar-refractivity contribution < 1.29 is 4.79 Å². The summed E-state index contributed by atoms with van der Waals surface area (Å²) in [6.45, 7) is 0.218. The number of carbonyl (C=O) groups is 1. The van der Waals surface area contributed by atoms with Gasteiger partial charge in [0.15, 0.2) is 0 Å². The minimum Gasteiger partial charge on any atom is -0.350 e. The highest BCUT2D eigenvalue weighted by molar-refractivity contribution is 5.79. The Kier molecular flexibility index (Phi) is 4.72. The number of imidazole rings is 1. The number of nitrogens with zero attached hydrogens (tertiary/aromatic N) is 5. The molecule has 1 N–H and O–H groups in total. The van der Waals surface area contributed by atoms with Gasteiger partial charge in [-0.25, -0.2) is 15.0 Å². The van der Waals surface area contributed by atoms with E-state index in [1.165, 1.54) is 10.9 Å². The van der Waals surface area contributed by atoms with Gasteiger partial charge < -0.3 is 5.32 Å². The fourth-order valence-corrected chi connectivity index (χ4v) is 3.44. The maximum absolute atomic E-state index is 12.5. The Labute approximate surface area is 176 Å². The van der Waals surface area contributed by atoms with Gasteiger partial charge in [-0.15, -0.1) is 0 Å². The van der Waals surface area contributed by atoms with Gasteiger partial charge in [0, 0.05) is 12.7 Å². The van der Waals surface area contributed by atoms with Crippen molar-refractivity contribution in [3.05, 3.63) is 95.4 Å². The van der Waals surface area contributed by atoms with E-state index in [2.05, 4.69) is 20.3 Å². The van der Waals surface area contributed by atoms with E-state index in [1.807, 2.05) is 47.0 Å². The third-order valence-electron chi connectivity index (χ3n) is 5.04. The lowest BCUT2D eigenvalue weighted by atomic mass is 10.2. The first kappa shape index (κ1) is 18.7. The van der Waals surface area contributed by atoms with Gasteiger partial charge in [0.1, 0.15) is 18.7 Å². The molecule has 0 atom stereocenters. The summed E-state index contributed by atoms with van der Waals surface area (Å²) < 4.78 is 3.22. The molecule has 8 nitrogen and oxygen atoms in total. The second-order valence-corrected chi connectivity index (χ2v) is 7.10. The SMILES string of the molecule is O=C(Cn1cnc2ccccc2c1=O)NCc1ccc(-n2cnc3ccccc32)nc1. The molecule has 3 heterocycles. The molecule has 0 unspecified atom stereocenters. The van der Waals surface area contributed by atoms with Crippen LogP contribution in [0.4, 0.5) is 0 Å². The van der Waals surface area contributed by atoms with E-state index in [0.717, 1.165) is 22.4 Å². The highest BCUT2D eigenvalue weighted by Gasteiger charge is 2.09. The molecule has 5 aromatic rings. The first-order valence-electron chi connectivity index (χ1n) is 9.77. The number of benzene rings is 2. The van der Waals surface area contributed by atoms with Crippen molar-refractivity contribution in [3.63, 3.8) is 0 Å². The van der Waals surface area contributed by atoms with Crippen molar-refractivity contribution in [1.82, 2.24) is 29.4 Å². The number of pyridine rings is 1. The topological polar surface area (TPSA) is 94.7 Å². The third-order valence-corrected chi connectivity index (χ3v) is 5.04. The summed E-state index contributed by atoms with van der Waals surface area (Å²) in [6, 6.07) is 18.7. The monoisotopic (exact) mass is 410 g/mol. The molecule has 0 aliphatic carbocycles. The van der Waals surface area contributed by atoms with Crippen LogP contribution in [0.3, 0.4) is 0 Å². The van der Waals surface area contributed by atoms with Crippen LogP contribution in [0, 0.1) is 0 Å². The fraction of sp³-hybridized carbons (Fsp3) is 0.0870. The van der Waals surface area contributed by atoms with Crippen LogP contribution in [-0.4, -0.2) is 30.0 Å². The Bertz CT molecular complexity index is 1450. The second-order valence-electron chi connectivity index (χ2n) is 7.10. The first-order valence-corrected chi connectivity index (χ1v) is 9.77. The van der Waals surface area contributed by atoms with Crippen LogP contribution in [-0.2, 0) is 17.9 Å². The minimum atomic E-state index is -0.274. The molecule has 1 amide bonds. The van der Waals surface area contributed by atoms with Crippen molar-refractivity contribution in [2.45, 2.75) is 13.1 Å². The van der Waals surface area contributed by atoms with Gasteiger partial charge in [-0.05, 0) is 35.9 Å². The smallest absolute Gasteiger partial charge is 0.261 e. The second kappa shape index (κ2) is 7.83. The van der Waals surface area contributed by atoms with E-state index in [-0.39, 0.29) is 18.0 Å². The lowest BCUT2D eigenvalue weighted by molar-refractivity contribution is -0.121. The van der Waals surface area contributed by atoms with Crippen LogP contribution in [0.25, 0.3) is 27.8 Å². The molecular weight excluding hydrogens is 392 g/mol. The molecule has 0 bridgehead atoms. The molecule has 0 aliphatic rings. The molecule has 152 valence electrons. The van der Waals surface area contributed by atoms with E-state index in [0.29, 0.717) is 17.4 Å². The Balaban J connectivity index is 1.26. The molecule has 2 aromatic carbocycles. The number of amides is 1. The maximum Gasteiger partial charge on any atom is 0.261 e. The molecule has 31 heavy (non-hydrogen) atoms. The molecule has 0 radical (unpaired) electrons. The third kappa shape index (κ3) is 3.66. The summed E-state index contributed by atoms with van der Waals surface area (Å²) in [6.07, 6.45) is 4.86. The van der Waals surface area contributed by atoms with Crippen molar-refractivity contribution in [1.29, 1.82) is 0 Å².